The number of rotatable bonds is 7. The largest absolute Gasteiger partial charge is 0.354 e. The van der Waals surface area contributed by atoms with Gasteiger partial charge >= 0.3 is 0 Å². The minimum absolute atomic E-state index is 0.0115. The molecule has 0 spiro atoms. The summed E-state index contributed by atoms with van der Waals surface area (Å²) in [6.07, 6.45) is 8.05. The maximum absolute atomic E-state index is 13.0. The lowest BCUT2D eigenvalue weighted by atomic mass is 10.1. The highest BCUT2D eigenvalue weighted by Crippen LogP contribution is 2.20. The van der Waals surface area contributed by atoms with E-state index in [9.17, 15) is 9.59 Å². The van der Waals surface area contributed by atoms with Crippen LogP contribution in [0.5, 0.6) is 0 Å². The second-order valence-corrected chi connectivity index (χ2v) is 8.00. The van der Waals surface area contributed by atoms with Gasteiger partial charge in [0.25, 0.3) is 5.91 Å². The average molecular weight is 421 g/mol. The highest BCUT2D eigenvalue weighted by molar-refractivity contribution is 5.95. The summed E-state index contributed by atoms with van der Waals surface area (Å²) in [5.74, 6) is 1.70. The van der Waals surface area contributed by atoms with Gasteiger partial charge in [0.1, 0.15) is 11.6 Å². The maximum atomic E-state index is 13.0. The van der Waals surface area contributed by atoms with E-state index in [1.807, 2.05) is 59.6 Å². The summed E-state index contributed by atoms with van der Waals surface area (Å²) in [6.45, 7) is 6.87. The lowest BCUT2D eigenvalue weighted by molar-refractivity contribution is -0.124. The summed E-state index contributed by atoms with van der Waals surface area (Å²) in [6, 6.07) is 7.70. The van der Waals surface area contributed by atoms with Crippen molar-refractivity contribution in [1.29, 1.82) is 0 Å². The van der Waals surface area contributed by atoms with E-state index in [4.69, 9.17) is 0 Å². The Bertz CT molecular complexity index is 1070. The number of hydrogen-bond donors (Lipinski definition) is 1. The van der Waals surface area contributed by atoms with E-state index in [1.54, 1.807) is 17.3 Å². The number of benzene rings is 1. The van der Waals surface area contributed by atoms with Crippen molar-refractivity contribution in [3.05, 3.63) is 71.8 Å². The fourth-order valence-electron chi connectivity index (χ4n) is 4.00. The van der Waals surface area contributed by atoms with Crippen LogP contribution in [0.2, 0.25) is 0 Å². The fourth-order valence-corrected chi connectivity index (χ4v) is 4.00. The Morgan fingerprint density at radius 1 is 1.10 bits per heavy atom. The number of aromatic nitrogens is 4. The fraction of sp³-hybridized carbons (Fsp3) is 0.391. The zero-order valence-corrected chi connectivity index (χ0v) is 18.0. The van der Waals surface area contributed by atoms with E-state index in [0.717, 1.165) is 17.2 Å². The molecule has 1 N–H and O–H groups in total. The summed E-state index contributed by atoms with van der Waals surface area (Å²) >= 11 is 0. The SMILES string of the molecule is Cc1nccn1CCNC(=O)C1CCN(C(=O)c2cccc(Cn3ccnc3C)c2)C1. The van der Waals surface area contributed by atoms with Gasteiger partial charge < -0.3 is 19.4 Å². The topological polar surface area (TPSA) is 85.0 Å². The normalized spacial score (nSPS) is 15.9. The monoisotopic (exact) mass is 420 g/mol. The highest BCUT2D eigenvalue weighted by Gasteiger charge is 2.31. The molecule has 1 atom stereocenters. The number of likely N-dealkylation sites (tertiary alicyclic amines) is 1. The first kappa shape index (κ1) is 20.8. The number of hydrogen-bond acceptors (Lipinski definition) is 4. The molecule has 3 heterocycles. The number of imidazole rings is 2. The van der Waals surface area contributed by atoms with E-state index in [0.29, 0.717) is 44.7 Å². The summed E-state index contributed by atoms with van der Waals surface area (Å²) in [5, 5.41) is 2.99. The number of nitrogens with one attached hydrogen (secondary N) is 1. The predicted octanol–water partition coefficient (Wildman–Crippen LogP) is 2.02. The van der Waals surface area contributed by atoms with Crippen LogP contribution in [0.15, 0.2) is 49.1 Å². The van der Waals surface area contributed by atoms with Crippen LogP contribution < -0.4 is 5.32 Å². The standard InChI is InChI=1S/C23H28N6O2/c1-17-24-7-11-27(17)12-9-26-22(30)21-6-10-29(16-21)23(31)20-5-3-4-19(14-20)15-28-13-8-25-18(28)2/h3-5,7-8,11,13-14,21H,6,9-10,12,15-16H2,1-2H3,(H,26,30). The van der Waals surface area contributed by atoms with Gasteiger partial charge in [-0.3, -0.25) is 9.59 Å². The lowest BCUT2D eigenvalue weighted by Gasteiger charge is -2.17. The first-order valence-corrected chi connectivity index (χ1v) is 10.6. The van der Waals surface area contributed by atoms with Crippen LogP contribution in [0.25, 0.3) is 0 Å². The van der Waals surface area contributed by atoms with Gasteiger partial charge in [0.15, 0.2) is 0 Å². The molecule has 1 aliphatic heterocycles. The number of carbonyl (C=O) groups is 2. The minimum atomic E-state index is -0.162. The van der Waals surface area contributed by atoms with Crippen LogP contribution in [-0.2, 0) is 17.9 Å². The van der Waals surface area contributed by atoms with E-state index < -0.39 is 0 Å². The Hall–Kier alpha value is -3.42. The Balaban J connectivity index is 1.31. The van der Waals surface area contributed by atoms with Crippen LogP contribution in [0, 0.1) is 19.8 Å². The van der Waals surface area contributed by atoms with Crippen LogP contribution >= 0.6 is 0 Å². The van der Waals surface area contributed by atoms with Gasteiger partial charge in [-0.05, 0) is 38.0 Å². The molecule has 2 amide bonds. The van der Waals surface area contributed by atoms with Crippen molar-refractivity contribution < 1.29 is 9.59 Å². The molecule has 0 bridgehead atoms. The summed E-state index contributed by atoms with van der Waals surface area (Å²) in [5.41, 5.74) is 1.71. The molecule has 2 aromatic heterocycles. The number of amides is 2. The molecular formula is C23H28N6O2. The van der Waals surface area contributed by atoms with Crippen molar-refractivity contribution in [1.82, 2.24) is 29.3 Å². The highest BCUT2D eigenvalue weighted by atomic mass is 16.2. The van der Waals surface area contributed by atoms with Crippen LogP contribution in [0.3, 0.4) is 0 Å². The number of aryl methyl sites for hydroxylation is 2. The second kappa shape index (κ2) is 9.16. The molecule has 0 saturated carbocycles. The van der Waals surface area contributed by atoms with Gasteiger partial charge in [0, 0.05) is 63.1 Å². The number of carbonyl (C=O) groups excluding carboxylic acids is 2. The average Bonchev–Trinajstić information content (AvgIpc) is 3.51. The van der Waals surface area contributed by atoms with E-state index in [1.165, 1.54) is 0 Å². The van der Waals surface area contributed by atoms with Crippen molar-refractivity contribution in [3.8, 4) is 0 Å². The Labute approximate surface area is 181 Å². The molecule has 1 fully saturated rings. The molecule has 4 rings (SSSR count). The molecule has 1 saturated heterocycles. The van der Waals surface area contributed by atoms with Gasteiger partial charge in [-0.25, -0.2) is 9.97 Å². The third kappa shape index (κ3) is 4.84. The van der Waals surface area contributed by atoms with Crippen molar-refractivity contribution in [2.75, 3.05) is 19.6 Å². The molecule has 0 aliphatic carbocycles. The zero-order chi connectivity index (χ0) is 21.8. The van der Waals surface area contributed by atoms with Crippen LogP contribution in [0.4, 0.5) is 0 Å². The third-order valence-corrected chi connectivity index (χ3v) is 5.87. The second-order valence-electron chi connectivity index (χ2n) is 8.00. The Morgan fingerprint density at radius 3 is 2.55 bits per heavy atom. The van der Waals surface area contributed by atoms with Crippen LogP contribution in [-0.4, -0.2) is 55.5 Å². The van der Waals surface area contributed by atoms with E-state index >= 15 is 0 Å². The maximum Gasteiger partial charge on any atom is 0.253 e. The quantitative estimate of drug-likeness (QED) is 0.634. The molecule has 3 aromatic rings. The summed E-state index contributed by atoms with van der Waals surface area (Å²) < 4.78 is 4.05. The first-order chi connectivity index (χ1) is 15.0. The molecule has 162 valence electrons. The van der Waals surface area contributed by atoms with Gasteiger partial charge in [-0.1, -0.05) is 12.1 Å². The van der Waals surface area contributed by atoms with E-state index in [2.05, 4.69) is 15.3 Å². The Kier molecular flexibility index (Phi) is 6.16. The van der Waals surface area contributed by atoms with Gasteiger partial charge in [-0.2, -0.15) is 0 Å². The third-order valence-electron chi connectivity index (χ3n) is 5.87. The number of nitrogens with zero attached hydrogens (tertiary/aromatic N) is 5. The summed E-state index contributed by atoms with van der Waals surface area (Å²) in [7, 11) is 0. The molecule has 1 unspecified atom stereocenters. The minimum Gasteiger partial charge on any atom is -0.354 e. The van der Waals surface area contributed by atoms with Gasteiger partial charge in [0.2, 0.25) is 5.91 Å². The molecule has 8 nitrogen and oxygen atoms in total. The van der Waals surface area contributed by atoms with Crippen molar-refractivity contribution in [3.63, 3.8) is 0 Å². The van der Waals surface area contributed by atoms with Crippen molar-refractivity contribution in [2.24, 2.45) is 5.92 Å². The van der Waals surface area contributed by atoms with Crippen molar-refractivity contribution in [2.45, 2.75) is 33.4 Å². The van der Waals surface area contributed by atoms with Gasteiger partial charge in [0.05, 0.1) is 5.92 Å². The Morgan fingerprint density at radius 2 is 1.84 bits per heavy atom. The van der Waals surface area contributed by atoms with E-state index in [-0.39, 0.29) is 17.7 Å². The van der Waals surface area contributed by atoms with Gasteiger partial charge in [-0.15, -0.1) is 0 Å². The lowest BCUT2D eigenvalue weighted by Crippen LogP contribution is -2.36. The summed E-state index contributed by atoms with van der Waals surface area (Å²) in [4.78, 5) is 35.8. The predicted molar refractivity (Wildman–Crippen MR) is 116 cm³/mol. The molecule has 0 radical (unpaired) electrons. The molecule has 8 heteroatoms. The molecule has 1 aromatic carbocycles. The van der Waals surface area contributed by atoms with Crippen molar-refractivity contribution >= 4 is 11.8 Å². The first-order valence-electron chi connectivity index (χ1n) is 10.6. The smallest absolute Gasteiger partial charge is 0.253 e. The molecule has 1 aliphatic rings. The van der Waals surface area contributed by atoms with Crippen LogP contribution in [0.1, 0.15) is 34.0 Å². The molecule has 31 heavy (non-hydrogen) atoms. The zero-order valence-electron chi connectivity index (χ0n) is 18.0. The molecular weight excluding hydrogens is 392 g/mol.